The molecule has 1 aliphatic rings. The Hall–Kier alpha value is -2.36. The Morgan fingerprint density at radius 1 is 1.20 bits per heavy atom. The smallest absolute Gasteiger partial charge is 0.265 e. The van der Waals surface area contributed by atoms with Gasteiger partial charge >= 0.3 is 0 Å². The zero-order chi connectivity index (χ0) is 17.8. The van der Waals surface area contributed by atoms with E-state index >= 15 is 0 Å². The highest BCUT2D eigenvalue weighted by molar-refractivity contribution is 7.13. The van der Waals surface area contributed by atoms with Gasteiger partial charge in [0.1, 0.15) is 17.7 Å². The Morgan fingerprint density at radius 2 is 1.92 bits per heavy atom. The summed E-state index contributed by atoms with van der Waals surface area (Å²) in [6.07, 6.45) is 3.33. The molecule has 0 N–H and O–H groups in total. The van der Waals surface area contributed by atoms with Gasteiger partial charge in [0.25, 0.3) is 5.91 Å². The number of hydrogen-bond acceptors (Lipinski definition) is 7. The number of carbonyl (C=O) groups excluding carboxylic acids is 2. The molecule has 134 valence electrons. The van der Waals surface area contributed by atoms with E-state index in [4.69, 9.17) is 0 Å². The number of hydrogen-bond donors (Lipinski definition) is 0. The highest BCUT2D eigenvalue weighted by Crippen LogP contribution is 2.22. The Kier molecular flexibility index (Phi) is 5.37. The first kappa shape index (κ1) is 17.5. The molecule has 25 heavy (non-hydrogen) atoms. The van der Waals surface area contributed by atoms with Gasteiger partial charge in [-0.25, -0.2) is 9.67 Å². The molecular weight excluding hydrogens is 342 g/mol. The second-order valence-electron chi connectivity index (χ2n) is 5.95. The molecule has 0 radical (unpaired) electrons. The van der Waals surface area contributed by atoms with Crippen LogP contribution in [0, 0.1) is 6.92 Å². The Balaban J connectivity index is 1.56. The standard InChI is InChI=1S/C15H21N7O2S/c1-3-4-12-17-11(2)14(25-12)15(24)21-7-5-20(6-8-21)13(23)9-22-10-16-18-19-22/h10H,3-9H2,1-2H3. The van der Waals surface area contributed by atoms with Crippen LogP contribution >= 0.6 is 11.3 Å². The van der Waals surface area contributed by atoms with E-state index in [1.165, 1.54) is 22.3 Å². The fourth-order valence-corrected chi connectivity index (χ4v) is 3.90. The summed E-state index contributed by atoms with van der Waals surface area (Å²) < 4.78 is 1.40. The number of amides is 2. The van der Waals surface area contributed by atoms with Gasteiger partial charge in [0.05, 0.1) is 10.7 Å². The SMILES string of the molecule is CCCc1nc(C)c(C(=O)N2CCN(C(=O)Cn3cnnn3)CC2)s1. The van der Waals surface area contributed by atoms with Crippen molar-refractivity contribution in [1.82, 2.24) is 35.0 Å². The topological polar surface area (TPSA) is 97.1 Å². The van der Waals surface area contributed by atoms with Gasteiger partial charge in [-0.05, 0) is 30.2 Å². The lowest BCUT2D eigenvalue weighted by molar-refractivity contribution is -0.133. The van der Waals surface area contributed by atoms with Gasteiger partial charge < -0.3 is 9.80 Å². The number of tetrazole rings is 1. The highest BCUT2D eigenvalue weighted by Gasteiger charge is 2.27. The second kappa shape index (κ2) is 7.68. The Morgan fingerprint density at radius 3 is 2.56 bits per heavy atom. The fourth-order valence-electron chi connectivity index (χ4n) is 2.77. The molecule has 0 aromatic carbocycles. The number of carbonyl (C=O) groups is 2. The molecule has 0 aliphatic carbocycles. The monoisotopic (exact) mass is 363 g/mol. The molecule has 3 rings (SSSR count). The lowest BCUT2D eigenvalue weighted by Crippen LogP contribution is -2.51. The molecule has 1 saturated heterocycles. The van der Waals surface area contributed by atoms with Crippen molar-refractivity contribution in [3.63, 3.8) is 0 Å². The zero-order valence-electron chi connectivity index (χ0n) is 14.4. The molecular formula is C15H21N7O2S. The maximum Gasteiger partial charge on any atom is 0.265 e. The molecule has 2 aromatic heterocycles. The largest absolute Gasteiger partial charge is 0.338 e. The van der Waals surface area contributed by atoms with Gasteiger partial charge in [0, 0.05) is 26.2 Å². The fraction of sp³-hybridized carbons (Fsp3) is 0.600. The summed E-state index contributed by atoms with van der Waals surface area (Å²) in [5.41, 5.74) is 0.802. The maximum absolute atomic E-state index is 12.7. The third-order valence-corrected chi connectivity index (χ3v) is 5.31. The minimum absolute atomic E-state index is 0.0185. The molecule has 9 nitrogen and oxygen atoms in total. The van der Waals surface area contributed by atoms with E-state index in [1.54, 1.807) is 9.80 Å². The molecule has 2 amide bonds. The van der Waals surface area contributed by atoms with Crippen LogP contribution in [0.2, 0.25) is 0 Å². The van der Waals surface area contributed by atoms with Crippen LogP contribution in [0.5, 0.6) is 0 Å². The Labute approximate surface area is 149 Å². The second-order valence-corrected chi connectivity index (χ2v) is 7.04. The molecule has 2 aromatic rings. The number of rotatable bonds is 5. The zero-order valence-corrected chi connectivity index (χ0v) is 15.2. The molecule has 3 heterocycles. The van der Waals surface area contributed by atoms with E-state index in [0.29, 0.717) is 26.2 Å². The van der Waals surface area contributed by atoms with E-state index in [0.717, 1.165) is 28.4 Å². The molecule has 10 heteroatoms. The van der Waals surface area contributed by atoms with Gasteiger partial charge in [0.15, 0.2) is 0 Å². The number of aromatic nitrogens is 5. The number of thiazole rings is 1. The van der Waals surface area contributed by atoms with Crippen molar-refractivity contribution in [3.05, 3.63) is 21.9 Å². The number of piperazine rings is 1. The molecule has 1 fully saturated rings. The summed E-state index contributed by atoms with van der Waals surface area (Å²) in [7, 11) is 0. The third-order valence-electron chi connectivity index (χ3n) is 4.11. The third kappa shape index (κ3) is 4.01. The molecule has 1 aliphatic heterocycles. The molecule has 0 bridgehead atoms. The number of nitrogens with zero attached hydrogens (tertiary/aromatic N) is 7. The van der Waals surface area contributed by atoms with Crippen molar-refractivity contribution in [2.75, 3.05) is 26.2 Å². The Bertz CT molecular complexity index is 735. The van der Waals surface area contributed by atoms with Crippen LogP contribution < -0.4 is 0 Å². The van der Waals surface area contributed by atoms with E-state index in [9.17, 15) is 9.59 Å². The quantitative estimate of drug-likeness (QED) is 0.762. The van der Waals surface area contributed by atoms with Gasteiger partial charge in [-0.3, -0.25) is 9.59 Å². The van der Waals surface area contributed by atoms with Crippen LogP contribution in [0.15, 0.2) is 6.33 Å². The van der Waals surface area contributed by atoms with E-state index in [1.807, 2.05) is 6.92 Å². The van der Waals surface area contributed by atoms with Crippen molar-refractivity contribution < 1.29 is 9.59 Å². The summed E-state index contributed by atoms with van der Waals surface area (Å²) >= 11 is 1.49. The van der Waals surface area contributed by atoms with E-state index < -0.39 is 0 Å². The predicted octanol–water partition coefficient (Wildman–Crippen LogP) is 0.375. The summed E-state index contributed by atoms with van der Waals surface area (Å²) in [5.74, 6) is -0.0245. The first-order valence-electron chi connectivity index (χ1n) is 8.32. The molecule has 0 saturated carbocycles. The van der Waals surface area contributed by atoms with Crippen LogP contribution in [0.1, 0.15) is 33.7 Å². The van der Waals surface area contributed by atoms with E-state index in [-0.39, 0.29) is 18.4 Å². The first-order valence-corrected chi connectivity index (χ1v) is 9.14. The van der Waals surface area contributed by atoms with Gasteiger partial charge in [0.2, 0.25) is 5.91 Å². The summed E-state index contributed by atoms with van der Waals surface area (Å²) in [6, 6.07) is 0. The van der Waals surface area contributed by atoms with Crippen molar-refractivity contribution >= 4 is 23.2 Å². The van der Waals surface area contributed by atoms with Gasteiger partial charge in [-0.15, -0.1) is 16.4 Å². The van der Waals surface area contributed by atoms with Gasteiger partial charge in [-0.1, -0.05) is 6.92 Å². The highest BCUT2D eigenvalue weighted by atomic mass is 32.1. The van der Waals surface area contributed by atoms with Crippen molar-refractivity contribution in [2.24, 2.45) is 0 Å². The van der Waals surface area contributed by atoms with Crippen LogP contribution in [-0.4, -0.2) is 73.0 Å². The summed E-state index contributed by atoms with van der Waals surface area (Å²) in [6.45, 7) is 6.20. The van der Waals surface area contributed by atoms with Gasteiger partial charge in [-0.2, -0.15) is 0 Å². The summed E-state index contributed by atoms with van der Waals surface area (Å²) in [4.78, 5) is 33.7. The van der Waals surface area contributed by atoms with Crippen molar-refractivity contribution in [1.29, 1.82) is 0 Å². The van der Waals surface area contributed by atoms with Crippen LogP contribution in [0.3, 0.4) is 0 Å². The van der Waals surface area contributed by atoms with Crippen LogP contribution in [0.25, 0.3) is 0 Å². The molecule has 0 atom stereocenters. The maximum atomic E-state index is 12.7. The number of aryl methyl sites for hydroxylation is 2. The minimum atomic E-state index is -0.0430. The van der Waals surface area contributed by atoms with Crippen LogP contribution in [-0.2, 0) is 17.8 Å². The lowest BCUT2D eigenvalue weighted by Gasteiger charge is -2.34. The first-order chi connectivity index (χ1) is 12.1. The average Bonchev–Trinajstić information content (AvgIpc) is 3.24. The lowest BCUT2D eigenvalue weighted by atomic mass is 10.2. The molecule has 0 spiro atoms. The molecule has 0 unspecified atom stereocenters. The summed E-state index contributed by atoms with van der Waals surface area (Å²) in [5, 5.41) is 11.7. The predicted molar refractivity (Wildman–Crippen MR) is 91.1 cm³/mol. The van der Waals surface area contributed by atoms with E-state index in [2.05, 4.69) is 27.4 Å². The van der Waals surface area contributed by atoms with Crippen LogP contribution in [0.4, 0.5) is 0 Å². The minimum Gasteiger partial charge on any atom is -0.338 e. The average molecular weight is 363 g/mol. The normalized spacial score (nSPS) is 14.8. The van der Waals surface area contributed by atoms with Crippen molar-refractivity contribution in [2.45, 2.75) is 33.2 Å². The van der Waals surface area contributed by atoms with Crippen molar-refractivity contribution in [3.8, 4) is 0 Å².